The Balaban J connectivity index is 2.42. The SMILES string of the molecule is CC[C@H]1CCCN1C(C)C. The van der Waals surface area contributed by atoms with Crippen LogP contribution in [-0.4, -0.2) is 23.5 Å². The summed E-state index contributed by atoms with van der Waals surface area (Å²) in [6.07, 6.45) is 4.17. The molecule has 1 saturated heterocycles. The van der Waals surface area contributed by atoms with Crippen molar-refractivity contribution >= 4 is 0 Å². The molecule has 0 aromatic heterocycles. The summed E-state index contributed by atoms with van der Waals surface area (Å²) in [7, 11) is 0. The van der Waals surface area contributed by atoms with E-state index in [-0.39, 0.29) is 0 Å². The highest BCUT2D eigenvalue weighted by atomic mass is 15.2. The molecule has 10 heavy (non-hydrogen) atoms. The summed E-state index contributed by atoms with van der Waals surface area (Å²) >= 11 is 0. The Morgan fingerprint density at radius 1 is 1.50 bits per heavy atom. The van der Waals surface area contributed by atoms with Crippen LogP contribution in [0.5, 0.6) is 0 Å². The minimum absolute atomic E-state index is 0.757. The first kappa shape index (κ1) is 8.06. The average Bonchev–Trinajstić information content (AvgIpc) is 2.33. The lowest BCUT2D eigenvalue weighted by Crippen LogP contribution is -2.34. The Labute approximate surface area is 64.4 Å². The second kappa shape index (κ2) is 3.38. The van der Waals surface area contributed by atoms with Gasteiger partial charge < -0.3 is 0 Å². The topological polar surface area (TPSA) is 3.24 Å². The van der Waals surface area contributed by atoms with Crippen LogP contribution in [0.15, 0.2) is 0 Å². The molecule has 0 spiro atoms. The molecular weight excluding hydrogens is 122 g/mol. The van der Waals surface area contributed by atoms with Crippen LogP contribution in [0.3, 0.4) is 0 Å². The maximum atomic E-state index is 2.62. The standard InChI is InChI=1S/C9H19N/c1-4-9-6-5-7-10(9)8(2)3/h8-9H,4-7H2,1-3H3/t9-/m0/s1. The zero-order chi connectivity index (χ0) is 7.56. The van der Waals surface area contributed by atoms with E-state index in [4.69, 9.17) is 0 Å². The van der Waals surface area contributed by atoms with E-state index in [2.05, 4.69) is 25.7 Å². The maximum Gasteiger partial charge on any atom is 0.00958 e. The highest BCUT2D eigenvalue weighted by Crippen LogP contribution is 2.21. The Hall–Kier alpha value is -0.0400. The largest absolute Gasteiger partial charge is 0.298 e. The minimum Gasteiger partial charge on any atom is -0.298 e. The molecule has 0 bridgehead atoms. The molecule has 1 fully saturated rings. The fourth-order valence-corrected chi connectivity index (χ4v) is 1.98. The normalized spacial score (nSPS) is 28.2. The molecule has 1 atom stereocenters. The lowest BCUT2D eigenvalue weighted by Gasteiger charge is -2.27. The van der Waals surface area contributed by atoms with Crippen LogP contribution in [0, 0.1) is 0 Å². The summed E-state index contributed by atoms with van der Waals surface area (Å²) in [6.45, 7) is 8.23. The highest BCUT2D eigenvalue weighted by Gasteiger charge is 2.24. The fraction of sp³-hybridized carbons (Fsp3) is 1.00. The van der Waals surface area contributed by atoms with Gasteiger partial charge in [-0.05, 0) is 39.7 Å². The van der Waals surface area contributed by atoms with Gasteiger partial charge in [0.05, 0.1) is 0 Å². The Kier molecular flexibility index (Phi) is 2.72. The van der Waals surface area contributed by atoms with Crippen LogP contribution in [0.1, 0.15) is 40.0 Å². The molecule has 1 heterocycles. The number of nitrogens with zero attached hydrogens (tertiary/aromatic N) is 1. The van der Waals surface area contributed by atoms with Gasteiger partial charge in [-0.3, -0.25) is 4.90 Å². The molecule has 0 aromatic rings. The molecule has 60 valence electrons. The molecular formula is C9H19N. The number of hydrogen-bond acceptors (Lipinski definition) is 1. The molecule has 0 amide bonds. The first-order valence-corrected chi connectivity index (χ1v) is 4.51. The quantitative estimate of drug-likeness (QED) is 0.570. The number of hydrogen-bond donors (Lipinski definition) is 0. The first-order valence-electron chi connectivity index (χ1n) is 4.51. The van der Waals surface area contributed by atoms with Gasteiger partial charge in [-0.2, -0.15) is 0 Å². The van der Waals surface area contributed by atoms with Gasteiger partial charge in [-0.15, -0.1) is 0 Å². The van der Waals surface area contributed by atoms with Crippen molar-refractivity contribution in [2.45, 2.75) is 52.1 Å². The van der Waals surface area contributed by atoms with E-state index < -0.39 is 0 Å². The molecule has 0 aromatic carbocycles. The lowest BCUT2D eigenvalue weighted by atomic mass is 10.1. The van der Waals surface area contributed by atoms with Crippen LogP contribution in [0.2, 0.25) is 0 Å². The van der Waals surface area contributed by atoms with Gasteiger partial charge >= 0.3 is 0 Å². The summed E-state index contributed by atoms with van der Waals surface area (Å²) in [5.41, 5.74) is 0. The van der Waals surface area contributed by atoms with Crippen molar-refractivity contribution in [2.75, 3.05) is 6.54 Å². The first-order chi connectivity index (χ1) is 4.75. The van der Waals surface area contributed by atoms with E-state index in [9.17, 15) is 0 Å². The van der Waals surface area contributed by atoms with E-state index in [0.717, 1.165) is 12.1 Å². The van der Waals surface area contributed by atoms with Crippen molar-refractivity contribution in [3.8, 4) is 0 Å². The van der Waals surface area contributed by atoms with Crippen LogP contribution in [-0.2, 0) is 0 Å². The van der Waals surface area contributed by atoms with Gasteiger partial charge in [-0.1, -0.05) is 6.92 Å². The molecule has 1 nitrogen and oxygen atoms in total. The predicted molar refractivity (Wildman–Crippen MR) is 45.2 cm³/mol. The molecule has 0 N–H and O–H groups in total. The summed E-state index contributed by atoms with van der Waals surface area (Å²) in [5.74, 6) is 0. The monoisotopic (exact) mass is 141 g/mol. The second-order valence-corrected chi connectivity index (χ2v) is 3.54. The van der Waals surface area contributed by atoms with E-state index >= 15 is 0 Å². The molecule has 0 saturated carbocycles. The Morgan fingerprint density at radius 3 is 2.60 bits per heavy atom. The van der Waals surface area contributed by atoms with Gasteiger partial charge in [-0.25, -0.2) is 0 Å². The predicted octanol–water partition coefficient (Wildman–Crippen LogP) is 2.27. The highest BCUT2D eigenvalue weighted by molar-refractivity contribution is 4.79. The summed E-state index contributed by atoms with van der Waals surface area (Å²) < 4.78 is 0. The molecule has 1 heteroatoms. The Bertz CT molecular complexity index is 98.9. The Morgan fingerprint density at radius 2 is 2.20 bits per heavy atom. The van der Waals surface area contributed by atoms with Gasteiger partial charge in [0, 0.05) is 12.1 Å². The average molecular weight is 141 g/mol. The maximum absolute atomic E-state index is 2.62. The van der Waals surface area contributed by atoms with Gasteiger partial charge in [0.2, 0.25) is 0 Å². The minimum atomic E-state index is 0.757. The van der Waals surface area contributed by atoms with Crippen molar-refractivity contribution < 1.29 is 0 Å². The summed E-state index contributed by atoms with van der Waals surface area (Å²) in [6, 6.07) is 1.65. The molecule has 1 aliphatic rings. The lowest BCUT2D eigenvalue weighted by molar-refractivity contribution is 0.199. The molecule has 0 aliphatic carbocycles. The molecule has 0 unspecified atom stereocenters. The molecule has 1 rings (SSSR count). The van der Waals surface area contributed by atoms with E-state index in [1.807, 2.05) is 0 Å². The zero-order valence-electron chi connectivity index (χ0n) is 7.43. The second-order valence-electron chi connectivity index (χ2n) is 3.54. The van der Waals surface area contributed by atoms with Crippen LogP contribution in [0.25, 0.3) is 0 Å². The number of likely N-dealkylation sites (tertiary alicyclic amines) is 1. The van der Waals surface area contributed by atoms with Crippen molar-refractivity contribution in [1.82, 2.24) is 4.90 Å². The fourth-order valence-electron chi connectivity index (χ4n) is 1.98. The van der Waals surface area contributed by atoms with Crippen molar-refractivity contribution in [2.24, 2.45) is 0 Å². The summed E-state index contributed by atoms with van der Waals surface area (Å²) in [4.78, 5) is 2.62. The smallest absolute Gasteiger partial charge is 0.00958 e. The molecule has 1 aliphatic heterocycles. The van der Waals surface area contributed by atoms with Gasteiger partial charge in [0.25, 0.3) is 0 Å². The third-order valence-corrected chi connectivity index (χ3v) is 2.56. The third-order valence-electron chi connectivity index (χ3n) is 2.56. The van der Waals surface area contributed by atoms with Crippen molar-refractivity contribution in [1.29, 1.82) is 0 Å². The third kappa shape index (κ3) is 1.51. The van der Waals surface area contributed by atoms with Gasteiger partial charge in [0.1, 0.15) is 0 Å². The summed E-state index contributed by atoms with van der Waals surface area (Å²) in [5, 5.41) is 0. The zero-order valence-corrected chi connectivity index (χ0v) is 7.43. The van der Waals surface area contributed by atoms with Crippen molar-refractivity contribution in [3.05, 3.63) is 0 Å². The van der Waals surface area contributed by atoms with Crippen LogP contribution >= 0.6 is 0 Å². The van der Waals surface area contributed by atoms with Crippen LogP contribution in [0.4, 0.5) is 0 Å². The van der Waals surface area contributed by atoms with E-state index in [0.29, 0.717) is 0 Å². The molecule has 0 radical (unpaired) electrons. The van der Waals surface area contributed by atoms with Crippen molar-refractivity contribution in [3.63, 3.8) is 0 Å². The number of rotatable bonds is 2. The van der Waals surface area contributed by atoms with Crippen LogP contribution < -0.4 is 0 Å². The van der Waals surface area contributed by atoms with E-state index in [1.54, 1.807) is 0 Å². The van der Waals surface area contributed by atoms with Gasteiger partial charge in [0.15, 0.2) is 0 Å². The van der Waals surface area contributed by atoms with E-state index in [1.165, 1.54) is 25.8 Å².